The van der Waals surface area contributed by atoms with E-state index in [9.17, 15) is 18.4 Å². The number of aryl methyl sites for hydroxylation is 1. The topological polar surface area (TPSA) is 63.5 Å². The van der Waals surface area contributed by atoms with E-state index in [1.807, 2.05) is 6.92 Å². The van der Waals surface area contributed by atoms with Gasteiger partial charge in [-0.2, -0.15) is 0 Å². The van der Waals surface area contributed by atoms with Crippen LogP contribution in [-0.4, -0.2) is 15.3 Å². The third kappa shape index (κ3) is 2.92. The second-order valence-electron chi connectivity index (χ2n) is 5.33. The van der Waals surface area contributed by atoms with Crippen molar-refractivity contribution in [3.63, 3.8) is 0 Å². The van der Waals surface area contributed by atoms with Crippen LogP contribution in [0.5, 0.6) is 0 Å². The zero-order chi connectivity index (χ0) is 17.4. The number of halogens is 2. The van der Waals surface area contributed by atoms with Crippen LogP contribution in [0.3, 0.4) is 0 Å². The molecule has 1 N–H and O–H groups in total. The average Bonchev–Trinajstić information content (AvgIpc) is 2.88. The summed E-state index contributed by atoms with van der Waals surface area (Å²) in [5, 5.41) is 2.53. The fourth-order valence-corrected chi connectivity index (χ4v) is 3.14. The maximum Gasteiger partial charge on any atom is 0.271 e. The van der Waals surface area contributed by atoms with E-state index < -0.39 is 29.1 Å². The highest BCUT2D eigenvalue weighted by Crippen LogP contribution is 2.18. The number of amides is 1. The maximum absolute atomic E-state index is 13.8. The molecule has 0 fully saturated rings. The molecule has 3 rings (SSSR count). The van der Waals surface area contributed by atoms with Crippen molar-refractivity contribution < 1.29 is 13.6 Å². The second kappa shape index (κ2) is 6.12. The Morgan fingerprint density at radius 3 is 2.83 bits per heavy atom. The summed E-state index contributed by atoms with van der Waals surface area (Å²) in [5.74, 6) is -2.13. The minimum Gasteiger partial charge on any atom is -0.345 e. The fourth-order valence-electron chi connectivity index (χ4n) is 2.36. The number of rotatable bonds is 3. The minimum atomic E-state index is -0.762. The van der Waals surface area contributed by atoms with E-state index in [1.54, 1.807) is 13.1 Å². The first-order chi connectivity index (χ1) is 11.4. The third-order valence-corrected chi connectivity index (χ3v) is 4.46. The predicted molar refractivity (Wildman–Crippen MR) is 86.3 cm³/mol. The molecule has 0 saturated heterocycles. The van der Waals surface area contributed by atoms with Gasteiger partial charge in [0.25, 0.3) is 11.5 Å². The smallest absolute Gasteiger partial charge is 0.271 e. The van der Waals surface area contributed by atoms with Gasteiger partial charge in [0.15, 0.2) is 4.96 Å². The molecule has 8 heteroatoms. The lowest BCUT2D eigenvalue weighted by Crippen LogP contribution is -2.33. The number of carbonyl (C=O) groups is 1. The number of hydrogen-bond acceptors (Lipinski definition) is 4. The SMILES string of the molecule is Cc1cn2c(=O)c(C(=O)N[C@@H](C)c3ccc(F)cc3F)cnc2s1. The monoisotopic (exact) mass is 349 g/mol. The van der Waals surface area contributed by atoms with Crippen molar-refractivity contribution in [2.75, 3.05) is 0 Å². The zero-order valence-corrected chi connectivity index (χ0v) is 13.7. The van der Waals surface area contributed by atoms with Crippen molar-refractivity contribution in [2.24, 2.45) is 0 Å². The first-order valence-electron chi connectivity index (χ1n) is 7.10. The van der Waals surface area contributed by atoms with Gasteiger partial charge < -0.3 is 5.32 Å². The van der Waals surface area contributed by atoms with Crippen molar-refractivity contribution in [3.05, 3.63) is 68.6 Å². The first kappa shape index (κ1) is 16.3. The zero-order valence-electron chi connectivity index (χ0n) is 12.8. The largest absolute Gasteiger partial charge is 0.345 e. The Kier molecular flexibility index (Phi) is 4.15. The van der Waals surface area contributed by atoms with Crippen molar-refractivity contribution in [3.8, 4) is 0 Å². The molecule has 3 aromatic rings. The normalized spacial score (nSPS) is 12.3. The number of nitrogens with one attached hydrogen (secondary N) is 1. The van der Waals surface area contributed by atoms with E-state index in [-0.39, 0.29) is 11.1 Å². The molecule has 0 spiro atoms. The van der Waals surface area contributed by atoms with Gasteiger partial charge in [-0.15, -0.1) is 11.3 Å². The third-order valence-electron chi connectivity index (χ3n) is 3.54. The molecule has 124 valence electrons. The van der Waals surface area contributed by atoms with Crippen LogP contribution < -0.4 is 10.9 Å². The minimum absolute atomic E-state index is 0.130. The van der Waals surface area contributed by atoms with Gasteiger partial charge in [0.05, 0.1) is 6.04 Å². The fraction of sp³-hybridized carbons (Fsp3) is 0.188. The average molecular weight is 349 g/mol. The van der Waals surface area contributed by atoms with Crippen molar-refractivity contribution in [1.82, 2.24) is 14.7 Å². The Labute approximate surface area is 139 Å². The highest BCUT2D eigenvalue weighted by atomic mass is 32.1. The molecule has 0 radical (unpaired) electrons. The van der Waals surface area contributed by atoms with Crippen LogP contribution in [0.2, 0.25) is 0 Å². The summed E-state index contributed by atoms with van der Waals surface area (Å²) in [6.07, 6.45) is 2.81. The van der Waals surface area contributed by atoms with E-state index in [4.69, 9.17) is 0 Å². The van der Waals surface area contributed by atoms with Gasteiger partial charge in [0, 0.05) is 28.9 Å². The predicted octanol–water partition coefficient (Wildman–Crippen LogP) is 2.83. The van der Waals surface area contributed by atoms with Crippen molar-refractivity contribution in [1.29, 1.82) is 0 Å². The summed E-state index contributed by atoms with van der Waals surface area (Å²) in [6.45, 7) is 3.38. The van der Waals surface area contributed by atoms with E-state index in [2.05, 4.69) is 10.3 Å². The Balaban J connectivity index is 1.89. The molecule has 2 heterocycles. The number of nitrogens with zero attached hydrogens (tertiary/aromatic N) is 2. The van der Waals surface area contributed by atoms with Gasteiger partial charge in [0.1, 0.15) is 17.2 Å². The molecule has 5 nitrogen and oxygen atoms in total. The lowest BCUT2D eigenvalue weighted by molar-refractivity contribution is 0.0937. The Morgan fingerprint density at radius 2 is 2.12 bits per heavy atom. The number of carbonyl (C=O) groups excluding carboxylic acids is 1. The summed E-state index contributed by atoms with van der Waals surface area (Å²) in [6, 6.07) is 2.38. The van der Waals surface area contributed by atoms with Crippen LogP contribution in [0.4, 0.5) is 8.78 Å². The van der Waals surface area contributed by atoms with Gasteiger partial charge in [-0.05, 0) is 19.9 Å². The molecular formula is C16H13F2N3O2S. The lowest BCUT2D eigenvalue weighted by atomic mass is 10.1. The summed E-state index contributed by atoms with van der Waals surface area (Å²) in [4.78, 5) is 30.1. The van der Waals surface area contributed by atoms with Crippen molar-refractivity contribution in [2.45, 2.75) is 19.9 Å². The molecule has 1 atom stereocenters. The second-order valence-corrected chi connectivity index (χ2v) is 6.55. The molecule has 0 aliphatic rings. The molecule has 1 amide bonds. The molecule has 0 aliphatic heterocycles. The summed E-state index contributed by atoms with van der Waals surface area (Å²) < 4.78 is 28.0. The number of aromatic nitrogens is 2. The van der Waals surface area contributed by atoms with Gasteiger partial charge in [-0.3, -0.25) is 14.0 Å². The Morgan fingerprint density at radius 1 is 1.38 bits per heavy atom. The van der Waals surface area contributed by atoms with Crippen LogP contribution in [-0.2, 0) is 0 Å². The summed E-state index contributed by atoms with van der Waals surface area (Å²) >= 11 is 1.34. The Hall–Kier alpha value is -2.61. The van der Waals surface area contributed by atoms with Crippen molar-refractivity contribution >= 4 is 22.2 Å². The molecule has 24 heavy (non-hydrogen) atoms. The van der Waals surface area contributed by atoms with Gasteiger partial charge in [0.2, 0.25) is 0 Å². The van der Waals surface area contributed by atoms with Crippen LogP contribution >= 0.6 is 11.3 Å². The standard InChI is InChI=1S/C16H13F2N3O2S/c1-8-7-21-15(23)12(6-19-16(21)24-8)14(22)20-9(2)11-4-3-10(17)5-13(11)18/h3-7,9H,1-2H3,(H,20,22)/t9-/m0/s1. The molecule has 0 aliphatic carbocycles. The van der Waals surface area contributed by atoms with Crippen LogP contribution in [0, 0.1) is 18.6 Å². The number of benzene rings is 1. The quantitative estimate of drug-likeness (QED) is 0.791. The summed E-state index contributed by atoms with van der Waals surface area (Å²) in [5.41, 5.74) is -0.501. The Bertz CT molecular complexity index is 997. The highest BCUT2D eigenvalue weighted by Gasteiger charge is 2.19. The number of hydrogen-bond donors (Lipinski definition) is 1. The summed E-state index contributed by atoms with van der Waals surface area (Å²) in [7, 11) is 0. The van der Waals surface area contributed by atoms with Crippen LogP contribution in [0.1, 0.15) is 33.8 Å². The maximum atomic E-state index is 13.8. The van der Waals surface area contributed by atoms with Gasteiger partial charge in [-0.25, -0.2) is 13.8 Å². The van der Waals surface area contributed by atoms with E-state index in [1.165, 1.54) is 28.0 Å². The highest BCUT2D eigenvalue weighted by molar-refractivity contribution is 7.16. The van der Waals surface area contributed by atoms with E-state index >= 15 is 0 Å². The van der Waals surface area contributed by atoms with Crippen LogP contribution in [0.25, 0.3) is 4.96 Å². The molecule has 1 aromatic carbocycles. The lowest BCUT2D eigenvalue weighted by Gasteiger charge is -2.14. The number of thiazole rings is 1. The molecule has 0 unspecified atom stereocenters. The van der Waals surface area contributed by atoms with Gasteiger partial charge >= 0.3 is 0 Å². The molecular weight excluding hydrogens is 336 g/mol. The molecule has 0 bridgehead atoms. The molecule has 2 aromatic heterocycles. The molecule has 0 saturated carbocycles. The number of fused-ring (bicyclic) bond motifs is 1. The van der Waals surface area contributed by atoms with E-state index in [0.29, 0.717) is 4.96 Å². The van der Waals surface area contributed by atoms with E-state index in [0.717, 1.165) is 17.0 Å². The van der Waals surface area contributed by atoms with Gasteiger partial charge in [-0.1, -0.05) is 6.07 Å². The van der Waals surface area contributed by atoms with Crippen LogP contribution in [0.15, 0.2) is 35.4 Å². The first-order valence-corrected chi connectivity index (χ1v) is 7.92.